The fourth-order valence-electron chi connectivity index (χ4n) is 2.97. The highest BCUT2D eigenvalue weighted by atomic mass is 16.5. The van der Waals surface area contributed by atoms with Crippen molar-refractivity contribution >= 4 is 0 Å². The van der Waals surface area contributed by atoms with E-state index in [1.165, 1.54) is 0 Å². The van der Waals surface area contributed by atoms with Crippen LogP contribution < -0.4 is 0 Å². The van der Waals surface area contributed by atoms with Gasteiger partial charge < -0.3 is 4.74 Å². The topological polar surface area (TPSA) is 77.8 Å². The van der Waals surface area contributed by atoms with Gasteiger partial charge in [-0.05, 0) is 17.2 Å². The van der Waals surface area contributed by atoms with Gasteiger partial charge in [0.1, 0.15) is 6.04 Å². The molecule has 6 nitrogen and oxygen atoms in total. The minimum Gasteiger partial charge on any atom is -0.377 e. The van der Waals surface area contributed by atoms with E-state index >= 15 is 0 Å². The van der Waals surface area contributed by atoms with Crippen LogP contribution in [-0.4, -0.2) is 39.8 Å². The van der Waals surface area contributed by atoms with Gasteiger partial charge in [0.15, 0.2) is 17.8 Å². The first-order valence-corrected chi connectivity index (χ1v) is 8.17. The first kappa shape index (κ1) is 15.4. The number of benzene rings is 2. The molecule has 1 N–H and O–H groups in total. The number of nitrogens with zero attached hydrogens (tertiary/aromatic N) is 4. The number of aromatic amines is 1. The quantitative estimate of drug-likeness (QED) is 0.747. The lowest BCUT2D eigenvalue weighted by Crippen LogP contribution is -2.36. The molecule has 0 saturated carbocycles. The monoisotopic (exact) mass is 331 g/mol. The van der Waals surface area contributed by atoms with Gasteiger partial charge in [-0.2, -0.15) is 10.4 Å². The molecule has 0 radical (unpaired) electrons. The highest BCUT2D eigenvalue weighted by Gasteiger charge is 2.27. The van der Waals surface area contributed by atoms with Crippen molar-refractivity contribution in [2.45, 2.75) is 6.04 Å². The average molecular weight is 331 g/mol. The summed E-state index contributed by atoms with van der Waals surface area (Å²) >= 11 is 0. The first-order chi connectivity index (χ1) is 12.3. The number of H-pyrrole nitrogens is 1. The van der Waals surface area contributed by atoms with Crippen molar-refractivity contribution in [3.63, 3.8) is 0 Å². The minimum absolute atomic E-state index is 0.211. The number of hydrogen-bond donors (Lipinski definition) is 1. The largest absolute Gasteiger partial charge is 0.377 e. The van der Waals surface area contributed by atoms with Crippen LogP contribution in [0.25, 0.3) is 22.5 Å². The summed E-state index contributed by atoms with van der Waals surface area (Å²) in [5.74, 6) is 1.28. The Morgan fingerprint density at radius 2 is 1.88 bits per heavy atom. The zero-order valence-electron chi connectivity index (χ0n) is 13.6. The predicted molar refractivity (Wildman–Crippen MR) is 93.1 cm³/mol. The molecule has 6 heteroatoms. The Labute approximate surface area is 145 Å². The smallest absolute Gasteiger partial charge is 0.181 e. The Hall–Kier alpha value is -3.17. The van der Waals surface area contributed by atoms with E-state index in [1.807, 2.05) is 30.3 Å². The Morgan fingerprint density at radius 3 is 2.72 bits per heavy atom. The number of ether oxygens (including phenoxy) is 1. The molecule has 2 heterocycles. The van der Waals surface area contributed by atoms with Crippen molar-refractivity contribution in [3.8, 4) is 28.7 Å². The van der Waals surface area contributed by atoms with Crippen LogP contribution in [-0.2, 0) is 4.74 Å². The third kappa shape index (κ3) is 3.10. The summed E-state index contributed by atoms with van der Waals surface area (Å²) in [5.41, 5.74) is 3.20. The van der Waals surface area contributed by atoms with Gasteiger partial charge in [-0.15, -0.1) is 0 Å². The predicted octanol–water partition coefficient (Wildman–Crippen LogP) is 2.99. The summed E-state index contributed by atoms with van der Waals surface area (Å²) in [5, 5.41) is 16.6. The van der Waals surface area contributed by atoms with Gasteiger partial charge in [-0.3, -0.25) is 10.00 Å². The van der Waals surface area contributed by atoms with Crippen LogP contribution in [0.3, 0.4) is 0 Å². The standard InChI is InChI=1S/C19H17N5O/c20-13-24-9-10-25-12-17(24)19-21-18(22-23-19)16-8-4-7-15(11-16)14-5-2-1-3-6-14/h1-8,11,17H,9-10,12H2,(H,21,22,23). The second-order valence-corrected chi connectivity index (χ2v) is 5.88. The molecule has 1 aliphatic heterocycles. The van der Waals surface area contributed by atoms with E-state index in [9.17, 15) is 5.26 Å². The van der Waals surface area contributed by atoms with E-state index in [2.05, 4.69) is 45.6 Å². The van der Waals surface area contributed by atoms with Crippen LogP contribution in [0.1, 0.15) is 11.9 Å². The molecule has 0 amide bonds. The molecule has 1 saturated heterocycles. The van der Waals surface area contributed by atoms with Crippen molar-refractivity contribution < 1.29 is 4.74 Å². The summed E-state index contributed by atoms with van der Waals surface area (Å²) in [6, 6.07) is 18.1. The lowest BCUT2D eigenvalue weighted by Gasteiger charge is -2.29. The van der Waals surface area contributed by atoms with Crippen molar-refractivity contribution in [1.82, 2.24) is 20.1 Å². The number of morpholine rings is 1. The number of nitrogens with one attached hydrogen (secondary N) is 1. The Bertz CT molecular complexity index is 899. The third-order valence-corrected chi connectivity index (χ3v) is 4.30. The fraction of sp³-hybridized carbons (Fsp3) is 0.211. The van der Waals surface area contributed by atoms with Gasteiger partial charge in [0.05, 0.1) is 19.8 Å². The van der Waals surface area contributed by atoms with E-state index in [0.29, 0.717) is 31.4 Å². The molecule has 0 aliphatic carbocycles. The minimum atomic E-state index is -0.211. The lowest BCUT2D eigenvalue weighted by atomic mass is 10.0. The molecule has 1 aromatic heterocycles. The Balaban J connectivity index is 1.63. The van der Waals surface area contributed by atoms with Crippen molar-refractivity contribution in [2.24, 2.45) is 0 Å². The van der Waals surface area contributed by atoms with Gasteiger partial charge in [-0.1, -0.05) is 48.5 Å². The molecule has 4 rings (SSSR count). The fourth-order valence-corrected chi connectivity index (χ4v) is 2.97. The van der Waals surface area contributed by atoms with Crippen LogP contribution >= 0.6 is 0 Å². The van der Waals surface area contributed by atoms with E-state index in [1.54, 1.807) is 4.90 Å². The van der Waals surface area contributed by atoms with Gasteiger partial charge in [0, 0.05) is 5.56 Å². The number of hydrogen-bond acceptors (Lipinski definition) is 5. The van der Waals surface area contributed by atoms with Gasteiger partial charge in [-0.25, -0.2) is 4.98 Å². The maximum Gasteiger partial charge on any atom is 0.181 e. The Morgan fingerprint density at radius 1 is 1.08 bits per heavy atom. The van der Waals surface area contributed by atoms with Crippen molar-refractivity contribution in [3.05, 3.63) is 60.4 Å². The van der Waals surface area contributed by atoms with Crippen LogP contribution in [0.2, 0.25) is 0 Å². The normalized spacial score (nSPS) is 17.2. The highest BCUT2D eigenvalue weighted by molar-refractivity contribution is 5.70. The van der Waals surface area contributed by atoms with Gasteiger partial charge >= 0.3 is 0 Å². The van der Waals surface area contributed by atoms with Crippen molar-refractivity contribution in [2.75, 3.05) is 19.8 Å². The summed E-state index contributed by atoms with van der Waals surface area (Å²) < 4.78 is 5.48. The molecular weight excluding hydrogens is 314 g/mol. The summed E-state index contributed by atoms with van der Waals surface area (Å²) in [6.07, 6.45) is 2.20. The molecule has 3 aromatic rings. The number of nitriles is 1. The van der Waals surface area contributed by atoms with E-state index in [0.717, 1.165) is 16.7 Å². The highest BCUT2D eigenvalue weighted by Crippen LogP contribution is 2.26. The lowest BCUT2D eigenvalue weighted by molar-refractivity contribution is 0.0166. The van der Waals surface area contributed by atoms with E-state index < -0.39 is 0 Å². The zero-order valence-corrected chi connectivity index (χ0v) is 13.6. The van der Waals surface area contributed by atoms with Crippen LogP contribution in [0, 0.1) is 11.5 Å². The van der Waals surface area contributed by atoms with Crippen LogP contribution in [0.5, 0.6) is 0 Å². The summed E-state index contributed by atoms with van der Waals surface area (Å²) in [4.78, 5) is 6.27. The second-order valence-electron chi connectivity index (χ2n) is 5.88. The molecule has 25 heavy (non-hydrogen) atoms. The second kappa shape index (κ2) is 6.75. The maximum absolute atomic E-state index is 9.27. The molecule has 1 unspecified atom stereocenters. The summed E-state index contributed by atoms with van der Waals surface area (Å²) in [6.45, 7) is 1.57. The maximum atomic E-state index is 9.27. The first-order valence-electron chi connectivity index (χ1n) is 8.17. The van der Waals surface area contributed by atoms with E-state index in [-0.39, 0.29) is 6.04 Å². The van der Waals surface area contributed by atoms with Crippen LogP contribution in [0.4, 0.5) is 0 Å². The molecule has 0 spiro atoms. The SMILES string of the molecule is N#CN1CCOCC1c1nc(-c2cccc(-c3ccccc3)c2)n[nH]1. The van der Waals surface area contributed by atoms with Crippen molar-refractivity contribution in [1.29, 1.82) is 5.26 Å². The summed E-state index contributed by atoms with van der Waals surface area (Å²) in [7, 11) is 0. The molecule has 0 bridgehead atoms. The average Bonchev–Trinajstić information content (AvgIpc) is 3.19. The van der Waals surface area contributed by atoms with Crippen LogP contribution in [0.15, 0.2) is 54.6 Å². The van der Waals surface area contributed by atoms with Gasteiger partial charge in [0.25, 0.3) is 0 Å². The van der Waals surface area contributed by atoms with E-state index in [4.69, 9.17) is 4.74 Å². The number of aromatic nitrogens is 3. The van der Waals surface area contributed by atoms with Gasteiger partial charge in [0.2, 0.25) is 0 Å². The molecule has 2 aromatic carbocycles. The molecule has 1 atom stereocenters. The molecule has 124 valence electrons. The molecular formula is C19H17N5O. The molecule has 1 aliphatic rings. The Kier molecular flexibility index (Phi) is 4.15. The number of rotatable bonds is 3. The third-order valence-electron chi connectivity index (χ3n) is 4.30. The molecule has 1 fully saturated rings. The zero-order chi connectivity index (χ0) is 17.1.